The molecule has 0 aliphatic rings. The van der Waals surface area contributed by atoms with E-state index in [1.165, 1.54) is 5.56 Å². The van der Waals surface area contributed by atoms with E-state index in [1.54, 1.807) is 6.20 Å². The van der Waals surface area contributed by atoms with E-state index >= 15 is 0 Å². The molecule has 0 unspecified atom stereocenters. The number of rotatable bonds is 2. The number of nitrogens with two attached hydrogens (primary N) is 1. The van der Waals surface area contributed by atoms with Crippen LogP contribution in [0.15, 0.2) is 47.1 Å². The van der Waals surface area contributed by atoms with Gasteiger partial charge in [-0.15, -0.1) is 0 Å². The molecule has 0 aliphatic carbocycles. The molecule has 1 heterocycles. The number of anilines is 1. The topological polar surface area (TPSA) is 38.9 Å². The molecule has 3 heteroatoms. The van der Waals surface area contributed by atoms with E-state index in [0.717, 1.165) is 16.5 Å². The summed E-state index contributed by atoms with van der Waals surface area (Å²) in [7, 11) is 0. The minimum absolute atomic E-state index is 0.591. The van der Waals surface area contributed by atoms with Crippen molar-refractivity contribution in [1.29, 1.82) is 0 Å². The molecule has 1 aromatic carbocycles. The summed E-state index contributed by atoms with van der Waals surface area (Å²) >= 11 is 3.48. The summed E-state index contributed by atoms with van der Waals surface area (Å²) in [5, 5.41) is 0. The normalized spacial score (nSPS) is 10.2. The summed E-state index contributed by atoms with van der Waals surface area (Å²) in [6, 6.07) is 12.1. The highest BCUT2D eigenvalue weighted by molar-refractivity contribution is 9.10. The van der Waals surface area contributed by atoms with Crippen molar-refractivity contribution in [2.24, 2.45) is 0 Å². The fourth-order valence-corrected chi connectivity index (χ4v) is 1.92. The molecule has 1 aromatic heterocycles. The molecule has 2 nitrogen and oxygen atoms in total. The van der Waals surface area contributed by atoms with E-state index < -0.39 is 0 Å². The number of benzene rings is 1. The molecule has 0 spiro atoms. The first-order valence-corrected chi connectivity index (χ1v) is 5.49. The molecule has 0 amide bonds. The van der Waals surface area contributed by atoms with Crippen molar-refractivity contribution in [3.8, 4) is 0 Å². The van der Waals surface area contributed by atoms with Crippen LogP contribution in [0.5, 0.6) is 0 Å². The molecular weight excluding hydrogens is 252 g/mol. The van der Waals surface area contributed by atoms with Crippen LogP contribution in [0.3, 0.4) is 0 Å². The lowest BCUT2D eigenvalue weighted by Gasteiger charge is -2.06. The lowest BCUT2D eigenvalue weighted by molar-refractivity contribution is 1.14. The summed E-state index contributed by atoms with van der Waals surface area (Å²) in [4.78, 5) is 4.08. The van der Waals surface area contributed by atoms with E-state index in [2.05, 4.69) is 33.0 Å². The molecule has 0 radical (unpaired) electrons. The highest BCUT2D eigenvalue weighted by atomic mass is 79.9. The zero-order valence-electron chi connectivity index (χ0n) is 8.15. The van der Waals surface area contributed by atoms with Gasteiger partial charge in [-0.2, -0.15) is 0 Å². The van der Waals surface area contributed by atoms with Gasteiger partial charge in [0, 0.05) is 22.7 Å². The minimum Gasteiger partial charge on any atom is -0.383 e. The zero-order chi connectivity index (χ0) is 10.7. The number of hydrogen-bond donors (Lipinski definition) is 1. The zero-order valence-corrected chi connectivity index (χ0v) is 9.74. The highest BCUT2D eigenvalue weighted by Gasteiger charge is 2.05. The largest absolute Gasteiger partial charge is 0.383 e. The van der Waals surface area contributed by atoms with Gasteiger partial charge in [0.15, 0.2) is 0 Å². The summed E-state index contributed by atoms with van der Waals surface area (Å²) in [6.07, 6.45) is 2.51. The van der Waals surface area contributed by atoms with Crippen LogP contribution in [0.1, 0.15) is 11.1 Å². The van der Waals surface area contributed by atoms with Crippen molar-refractivity contribution < 1.29 is 0 Å². The van der Waals surface area contributed by atoms with E-state index in [1.807, 2.05) is 24.3 Å². The van der Waals surface area contributed by atoms with E-state index in [4.69, 9.17) is 5.73 Å². The monoisotopic (exact) mass is 262 g/mol. The lowest BCUT2D eigenvalue weighted by Crippen LogP contribution is -1.99. The summed E-state index contributed by atoms with van der Waals surface area (Å²) in [6.45, 7) is 0. The maximum Gasteiger partial charge on any atom is 0.127 e. The van der Waals surface area contributed by atoms with Crippen LogP contribution in [-0.4, -0.2) is 4.98 Å². The van der Waals surface area contributed by atoms with E-state index in [-0.39, 0.29) is 0 Å². The third-order valence-corrected chi connectivity index (χ3v) is 3.00. The average molecular weight is 263 g/mol. The second-order valence-corrected chi connectivity index (χ2v) is 4.17. The number of halogens is 1. The smallest absolute Gasteiger partial charge is 0.127 e. The van der Waals surface area contributed by atoms with Crippen LogP contribution in [0.4, 0.5) is 5.82 Å². The minimum atomic E-state index is 0.591. The SMILES string of the molecule is Nc1nccc(Br)c1Cc1ccccc1. The predicted octanol–water partition coefficient (Wildman–Crippen LogP) is 3.02. The second-order valence-electron chi connectivity index (χ2n) is 3.32. The van der Waals surface area contributed by atoms with Gasteiger partial charge < -0.3 is 5.73 Å². The van der Waals surface area contributed by atoms with Gasteiger partial charge in [-0.1, -0.05) is 46.3 Å². The standard InChI is InChI=1S/C12H11BrN2/c13-11-6-7-15-12(14)10(11)8-9-4-2-1-3-5-9/h1-7H,8H2,(H2,14,15). The number of pyridine rings is 1. The quantitative estimate of drug-likeness (QED) is 0.904. The summed E-state index contributed by atoms with van der Waals surface area (Å²) in [5.74, 6) is 0.591. The maximum atomic E-state index is 5.83. The molecule has 2 aromatic rings. The van der Waals surface area contributed by atoms with E-state index in [9.17, 15) is 0 Å². The van der Waals surface area contributed by atoms with Crippen LogP contribution in [0.25, 0.3) is 0 Å². The third kappa shape index (κ3) is 2.36. The fourth-order valence-electron chi connectivity index (χ4n) is 1.46. The third-order valence-electron chi connectivity index (χ3n) is 2.26. The first kappa shape index (κ1) is 10.2. The van der Waals surface area contributed by atoms with Gasteiger partial charge in [0.1, 0.15) is 5.82 Å². The Morgan fingerprint density at radius 2 is 1.87 bits per heavy atom. The van der Waals surface area contributed by atoms with Gasteiger partial charge in [0.05, 0.1) is 0 Å². The molecule has 0 bridgehead atoms. The molecule has 2 rings (SSSR count). The second kappa shape index (κ2) is 4.45. The van der Waals surface area contributed by atoms with Gasteiger partial charge in [-0.05, 0) is 11.6 Å². The van der Waals surface area contributed by atoms with Gasteiger partial charge in [-0.3, -0.25) is 0 Å². The Balaban J connectivity index is 2.32. The summed E-state index contributed by atoms with van der Waals surface area (Å²) < 4.78 is 1.01. The first-order valence-electron chi connectivity index (χ1n) is 4.70. The van der Waals surface area contributed by atoms with Gasteiger partial charge in [0.2, 0.25) is 0 Å². The lowest BCUT2D eigenvalue weighted by atomic mass is 10.1. The van der Waals surface area contributed by atoms with Crippen LogP contribution < -0.4 is 5.73 Å². The van der Waals surface area contributed by atoms with Crippen LogP contribution in [-0.2, 0) is 6.42 Å². The molecule has 0 fully saturated rings. The number of hydrogen-bond acceptors (Lipinski definition) is 2. The molecule has 76 valence electrons. The maximum absolute atomic E-state index is 5.83. The first-order chi connectivity index (χ1) is 7.27. The average Bonchev–Trinajstić information content (AvgIpc) is 2.25. The van der Waals surface area contributed by atoms with Crippen molar-refractivity contribution in [3.63, 3.8) is 0 Å². The Morgan fingerprint density at radius 1 is 1.13 bits per heavy atom. The van der Waals surface area contributed by atoms with Gasteiger partial charge in [-0.25, -0.2) is 4.98 Å². The molecule has 2 N–H and O–H groups in total. The van der Waals surface area contributed by atoms with E-state index in [0.29, 0.717) is 5.82 Å². The van der Waals surface area contributed by atoms with Crippen molar-refractivity contribution >= 4 is 21.7 Å². The Kier molecular flexibility index (Phi) is 3.02. The van der Waals surface area contributed by atoms with Crippen molar-refractivity contribution in [1.82, 2.24) is 4.98 Å². The fraction of sp³-hybridized carbons (Fsp3) is 0.0833. The molecule has 0 saturated heterocycles. The number of nitrogens with zero attached hydrogens (tertiary/aromatic N) is 1. The van der Waals surface area contributed by atoms with Crippen molar-refractivity contribution in [2.75, 3.05) is 5.73 Å². The summed E-state index contributed by atoms with van der Waals surface area (Å²) in [5.41, 5.74) is 8.11. The molecule has 0 atom stereocenters. The Morgan fingerprint density at radius 3 is 2.53 bits per heavy atom. The predicted molar refractivity (Wildman–Crippen MR) is 65.6 cm³/mol. The molecular formula is C12H11BrN2. The Labute approximate surface area is 97.3 Å². The van der Waals surface area contributed by atoms with Crippen molar-refractivity contribution in [3.05, 3.63) is 58.2 Å². The molecule has 0 aliphatic heterocycles. The van der Waals surface area contributed by atoms with Gasteiger partial charge >= 0.3 is 0 Å². The highest BCUT2D eigenvalue weighted by Crippen LogP contribution is 2.23. The molecule has 0 saturated carbocycles. The van der Waals surface area contributed by atoms with Crippen LogP contribution >= 0.6 is 15.9 Å². The number of aromatic nitrogens is 1. The number of nitrogen functional groups attached to an aromatic ring is 1. The van der Waals surface area contributed by atoms with Gasteiger partial charge in [0.25, 0.3) is 0 Å². The van der Waals surface area contributed by atoms with Crippen molar-refractivity contribution in [2.45, 2.75) is 6.42 Å². The Hall–Kier alpha value is -1.35. The van der Waals surface area contributed by atoms with Crippen LogP contribution in [0.2, 0.25) is 0 Å². The molecule has 15 heavy (non-hydrogen) atoms. The Bertz CT molecular complexity index is 434. The van der Waals surface area contributed by atoms with Crippen LogP contribution in [0, 0.1) is 0 Å².